The summed E-state index contributed by atoms with van der Waals surface area (Å²) in [4.78, 5) is 42.0. The monoisotopic (exact) mass is 371 g/mol. The molecule has 2 aromatic carbocycles. The summed E-state index contributed by atoms with van der Waals surface area (Å²) in [6.45, 7) is 0. The lowest BCUT2D eigenvalue weighted by molar-refractivity contribution is -0.384. The van der Waals surface area contributed by atoms with Gasteiger partial charge in [0, 0.05) is 22.7 Å². The Bertz CT molecular complexity index is 990. The van der Waals surface area contributed by atoms with Gasteiger partial charge in [0.25, 0.3) is 11.6 Å². The van der Waals surface area contributed by atoms with Gasteiger partial charge in [-0.3, -0.25) is 19.7 Å². The highest BCUT2D eigenvalue weighted by atomic mass is 35.5. The molecule has 0 N–H and O–H groups in total. The lowest BCUT2D eigenvalue weighted by atomic mass is 9.94. The molecule has 1 saturated heterocycles. The van der Waals surface area contributed by atoms with Gasteiger partial charge < -0.3 is 4.84 Å². The van der Waals surface area contributed by atoms with Gasteiger partial charge in [-0.2, -0.15) is 0 Å². The van der Waals surface area contributed by atoms with Crippen molar-refractivity contribution in [3.63, 3.8) is 0 Å². The number of amides is 2. The van der Waals surface area contributed by atoms with Crippen molar-refractivity contribution in [2.45, 2.75) is 6.10 Å². The molecule has 0 aliphatic carbocycles. The summed E-state index contributed by atoms with van der Waals surface area (Å²) in [5.74, 6) is -2.12. The molecule has 130 valence electrons. The Balaban J connectivity index is 1.73. The number of oxime groups is 1. The minimum atomic E-state index is -1.10. The maximum atomic E-state index is 12.9. The van der Waals surface area contributed by atoms with Crippen LogP contribution in [0.15, 0.2) is 53.7 Å². The lowest BCUT2D eigenvalue weighted by Crippen LogP contribution is -2.33. The van der Waals surface area contributed by atoms with Gasteiger partial charge in [0.05, 0.1) is 10.6 Å². The number of imide groups is 1. The average Bonchev–Trinajstić information content (AvgIpc) is 3.16. The van der Waals surface area contributed by atoms with Crippen molar-refractivity contribution in [1.82, 2.24) is 0 Å². The van der Waals surface area contributed by atoms with Crippen molar-refractivity contribution in [3.05, 3.63) is 69.2 Å². The summed E-state index contributed by atoms with van der Waals surface area (Å²) in [6.07, 6.45) is -1.10. The van der Waals surface area contributed by atoms with Crippen molar-refractivity contribution in [3.8, 4) is 0 Å². The smallest absolute Gasteiger partial charge is 0.278 e. The number of fused-ring (bicyclic) bond motifs is 1. The molecule has 2 aliphatic heterocycles. The second kappa shape index (κ2) is 5.92. The summed E-state index contributed by atoms with van der Waals surface area (Å²) < 4.78 is 0. The summed E-state index contributed by atoms with van der Waals surface area (Å²) in [5.41, 5.74) is 0.669. The maximum absolute atomic E-state index is 12.9. The Morgan fingerprint density at radius 3 is 2.62 bits per heavy atom. The zero-order valence-corrected chi connectivity index (χ0v) is 13.8. The molecule has 2 aromatic rings. The van der Waals surface area contributed by atoms with Gasteiger partial charge in [-0.1, -0.05) is 41.0 Å². The van der Waals surface area contributed by atoms with E-state index in [1.165, 1.54) is 24.3 Å². The molecule has 0 radical (unpaired) electrons. The van der Waals surface area contributed by atoms with Crippen molar-refractivity contribution in [2.24, 2.45) is 11.1 Å². The highest BCUT2D eigenvalue weighted by molar-refractivity contribution is 6.38. The third-order valence-corrected chi connectivity index (χ3v) is 4.59. The zero-order chi connectivity index (χ0) is 18.4. The topological polar surface area (TPSA) is 102 Å². The lowest BCUT2D eigenvalue weighted by Gasteiger charge is -2.15. The molecule has 26 heavy (non-hydrogen) atoms. The number of carbonyl (C=O) groups is 2. The summed E-state index contributed by atoms with van der Waals surface area (Å²) in [7, 11) is 0. The van der Waals surface area contributed by atoms with Crippen LogP contribution in [0.3, 0.4) is 0 Å². The van der Waals surface area contributed by atoms with Gasteiger partial charge in [-0.15, -0.1) is 0 Å². The van der Waals surface area contributed by atoms with Crippen LogP contribution in [-0.4, -0.2) is 28.6 Å². The zero-order valence-electron chi connectivity index (χ0n) is 13.0. The van der Waals surface area contributed by atoms with E-state index in [0.717, 1.165) is 4.90 Å². The molecule has 8 nitrogen and oxygen atoms in total. The third kappa shape index (κ3) is 2.34. The molecule has 2 atom stereocenters. The molecule has 0 spiro atoms. The number of carbonyl (C=O) groups excluding carboxylic acids is 2. The number of hydrogen-bond donors (Lipinski definition) is 0. The number of non-ortho nitro benzene ring substituents is 1. The predicted molar refractivity (Wildman–Crippen MR) is 91.9 cm³/mol. The van der Waals surface area contributed by atoms with Gasteiger partial charge in [-0.25, -0.2) is 4.90 Å². The number of nitro benzene ring substituents is 1. The van der Waals surface area contributed by atoms with E-state index in [0.29, 0.717) is 10.6 Å². The van der Waals surface area contributed by atoms with Crippen LogP contribution in [0, 0.1) is 16.0 Å². The van der Waals surface area contributed by atoms with Gasteiger partial charge in [0.1, 0.15) is 11.6 Å². The first kappa shape index (κ1) is 16.2. The standard InChI is InChI=1S/C17H10ClN3O5/c18-12-7-2-1-6-11(12)14-13-15(26-19-14)17(23)20(16(13)22)9-4-3-5-10(8-9)21(24)25/h1-8,13,15H/t13-,15+/m0/s1. The summed E-state index contributed by atoms with van der Waals surface area (Å²) >= 11 is 6.17. The number of hydrogen-bond acceptors (Lipinski definition) is 6. The number of nitro groups is 1. The molecular weight excluding hydrogens is 362 g/mol. The molecular formula is C17H10ClN3O5. The fourth-order valence-corrected chi connectivity index (χ4v) is 3.30. The molecule has 9 heteroatoms. The van der Waals surface area contributed by atoms with Crippen LogP contribution >= 0.6 is 11.6 Å². The number of rotatable bonds is 3. The third-order valence-electron chi connectivity index (χ3n) is 4.26. The first-order valence-electron chi connectivity index (χ1n) is 7.60. The quantitative estimate of drug-likeness (QED) is 0.468. The van der Waals surface area contributed by atoms with Crippen LogP contribution in [0.1, 0.15) is 5.56 Å². The first-order chi connectivity index (χ1) is 12.5. The van der Waals surface area contributed by atoms with E-state index < -0.39 is 28.8 Å². The molecule has 0 bridgehead atoms. The minimum Gasteiger partial charge on any atom is -0.381 e. The predicted octanol–water partition coefficient (Wildman–Crippen LogP) is 2.54. The highest BCUT2D eigenvalue weighted by Gasteiger charge is 2.56. The van der Waals surface area contributed by atoms with Crippen LogP contribution in [0.4, 0.5) is 11.4 Å². The number of nitrogens with zero attached hydrogens (tertiary/aromatic N) is 3. The van der Waals surface area contributed by atoms with Crippen LogP contribution in [0.25, 0.3) is 0 Å². The van der Waals surface area contributed by atoms with E-state index in [-0.39, 0.29) is 17.1 Å². The van der Waals surface area contributed by atoms with Gasteiger partial charge >= 0.3 is 0 Å². The van der Waals surface area contributed by atoms with Crippen molar-refractivity contribution >= 4 is 40.5 Å². The van der Waals surface area contributed by atoms with Crippen molar-refractivity contribution < 1.29 is 19.3 Å². The van der Waals surface area contributed by atoms with E-state index in [9.17, 15) is 19.7 Å². The Labute approximate surface area is 151 Å². The molecule has 1 fully saturated rings. The van der Waals surface area contributed by atoms with Crippen LogP contribution < -0.4 is 4.90 Å². The van der Waals surface area contributed by atoms with Crippen LogP contribution in [0.5, 0.6) is 0 Å². The van der Waals surface area contributed by atoms with Gasteiger partial charge in [0.15, 0.2) is 0 Å². The van der Waals surface area contributed by atoms with Crippen LogP contribution in [-0.2, 0) is 14.4 Å². The number of halogens is 1. The van der Waals surface area contributed by atoms with E-state index in [1.54, 1.807) is 24.3 Å². The van der Waals surface area contributed by atoms with Crippen molar-refractivity contribution in [2.75, 3.05) is 4.90 Å². The average molecular weight is 372 g/mol. The Morgan fingerprint density at radius 1 is 1.12 bits per heavy atom. The second-order valence-electron chi connectivity index (χ2n) is 5.75. The normalized spacial score (nSPS) is 21.4. The minimum absolute atomic E-state index is 0.116. The molecule has 0 saturated carbocycles. The molecule has 2 aliphatic rings. The molecule has 4 rings (SSSR count). The van der Waals surface area contributed by atoms with E-state index >= 15 is 0 Å². The molecule has 0 unspecified atom stereocenters. The number of anilines is 1. The molecule has 2 amide bonds. The highest BCUT2D eigenvalue weighted by Crippen LogP contribution is 2.37. The Morgan fingerprint density at radius 2 is 1.88 bits per heavy atom. The first-order valence-corrected chi connectivity index (χ1v) is 7.97. The van der Waals surface area contributed by atoms with Gasteiger partial charge in [-0.05, 0) is 12.1 Å². The summed E-state index contributed by atoms with van der Waals surface area (Å²) in [5, 5.41) is 15.2. The van der Waals surface area contributed by atoms with Gasteiger partial charge in [0.2, 0.25) is 12.0 Å². The SMILES string of the molecule is O=C1[C@H]2C(c3ccccc3Cl)=NO[C@H]2C(=O)N1c1cccc([N+](=O)[O-])c1. The largest absolute Gasteiger partial charge is 0.381 e. The molecule has 2 heterocycles. The Hall–Kier alpha value is -3.26. The van der Waals surface area contributed by atoms with E-state index in [1.807, 2.05) is 0 Å². The van der Waals surface area contributed by atoms with Crippen molar-refractivity contribution in [1.29, 1.82) is 0 Å². The van der Waals surface area contributed by atoms with E-state index in [2.05, 4.69) is 5.16 Å². The molecule has 0 aromatic heterocycles. The summed E-state index contributed by atoms with van der Waals surface area (Å²) in [6, 6.07) is 12.1. The Kier molecular flexibility index (Phi) is 3.69. The van der Waals surface area contributed by atoms with Crippen LogP contribution in [0.2, 0.25) is 5.02 Å². The van der Waals surface area contributed by atoms with E-state index in [4.69, 9.17) is 16.4 Å². The fourth-order valence-electron chi connectivity index (χ4n) is 3.07. The fraction of sp³-hybridized carbons (Fsp3) is 0.118. The number of benzene rings is 2. The second-order valence-corrected chi connectivity index (χ2v) is 6.16. The maximum Gasteiger partial charge on any atom is 0.278 e.